The Morgan fingerprint density at radius 2 is 2.00 bits per heavy atom. The number of halogens is 1. The number of nitrogens with zero attached hydrogens (tertiary/aromatic N) is 3. The zero-order valence-corrected chi connectivity index (χ0v) is 11.5. The molecule has 1 aromatic heterocycles. The molecule has 96 valence electrons. The number of aromatic nitrogens is 2. The molecule has 3 N–H and O–H groups in total. The van der Waals surface area contributed by atoms with Crippen molar-refractivity contribution in [2.24, 2.45) is 5.84 Å². The van der Waals surface area contributed by atoms with E-state index in [1.807, 2.05) is 31.3 Å². The van der Waals surface area contributed by atoms with Crippen LogP contribution in [0.2, 0.25) is 5.02 Å². The van der Waals surface area contributed by atoms with E-state index in [1.165, 1.54) is 16.9 Å². The van der Waals surface area contributed by atoms with E-state index < -0.39 is 0 Å². The monoisotopic (exact) mass is 283 g/mol. The van der Waals surface area contributed by atoms with E-state index in [1.54, 1.807) is 0 Å². The molecule has 1 heterocycles. The second kappa shape index (κ2) is 6.10. The first-order chi connectivity index (χ1) is 8.67. The van der Waals surface area contributed by atoms with Gasteiger partial charge in [-0.3, -0.25) is 10.3 Å². The van der Waals surface area contributed by atoms with Gasteiger partial charge in [0, 0.05) is 11.6 Å². The predicted molar refractivity (Wildman–Crippen MR) is 74.3 cm³/mol. The van der Waals surface area contributed by atoms with Crippen LogP contribution in [0.3, 0.4) is 0 Å². The summed E-state index contributed by atoms with van der Waals surface area (Å²) in [5.41, 5.74) is 3.70. The van der Waals surface area contributed by atoms with E-state index in [9.17, 15) is 0 Å². The number of anilines is 1. The molecular weight excluding hydrogens is 270 g/mol. The SMILES string of the molecule is CN(Cc1ccc(Cl)cc1)Cc1nnc(NN)s1. The van der Waals surface area contributed by atoms with Gasteiger partial charge in [0.25, 0.3) is 0 Å². The van der Waals surface area contributed by atoms with Crippen molar-refractivity contribution < 1.29 is 0 Å². The highest BCUT2D eigenvalue weighted by atomic mass is 35.5. The Morgan fingerprint density at radius 3 is 2.61 bits per heavy atom. The van der Waals surface area contributed by atoms with Crippen molar-refractivity contribution in [1.82, 2.24) is 15.1 Å². The summed E-state index contributed by atoms with van der Waals surface area (Å²) in [7, 11) is 2.03. The maximum atomic E-state index is 5.85. The average molecular weight is 284 g/mol. The molecule has 0 saturated carbocycles. The summed E-state index contributed by atoms with van der Waals surface area (Å²) >= 11 is 7.30. The fourth-order valence-corrected chi connectivity index (χ4v) is 2.42. The van der Waals surface area contributed by atoms with Crippen LogP contribution in [-0.2, 0) is 13.1 Å². The van der Waals surface area contributed by atoms with Crippen LogP contribution < -0.4 is 11.3 Å². The van der Waals surface area contributed by atoms with Crippen molar-refractivity contribution in [3.63, 3.8) is 0 Å². The van der Waals surface area contributed by atoms with Crippen LogP contribution in [0.5, 0.6) is 0 Å². The molecule has 0 bridgehead atoms. The molecule has 0 aliphatic heterocycles. The fraction of sp³-hybridized carbons (Fsp3) is 0.273. The lowest BCUT2D eigenvalue weighted by atomic mass is 10.2. The van der Waals surface area contributed by atoms with Crippen molar-refractivity contribution in [1.29, 1.82) is 0 Å². The van der Waals surface area contributed by atoms with Crippen LogP contribution in [0, 0.1) is 0 Å². The third-order valence-corrected chi connectivity index (χ3v) is 3.45. The molecule has 0 aliphatic rings. The van der Waals surface area contributed by atoms with Gasteiger partial charge in [-0.2, -0.15) is 0 Å². The molecule has 2 aromatic rings. The van der Waals surface area contributed by atoms with Crippen LogP contribution in [-0.4, -0.2) is 22.1 Å². The Hall–Kier alpha value is -1.21. The molecule has 0 saturated heterocycles. The molecule has 0 spiro atoms. The third kappa shape index (κ3) is 3.64. The van der Waals surface area contributed by atoms with Crippen LogP contribution in [0.25, 0.3) is 0 Å². The summed E-state index contributed by atoms with van der Waals surface area (Å²) in [5.74, 6) is 5.26. The Morgan fingerprint density at radius 1 is 1.28 bits per heavy atom. The number of rotatable bonds is 5. The smallest absolute Gasteiger partial charge is 0.219 e. The topological polar surface area (TPSA) is 67.1 Å². The van der Waals surface area contributed by atoms with E-state index in [0.717, 1.165) is 23.1 Å². The first-order valence-electron chi connectivity index (χ1n) is 5.39. The second-order valence-electron chi connectivity index (χ2n) is 3.94. The molecule has 0 atom stereocenters. The van der Waals surface area contributed by atoms with Gasteiger partial charge in [0.15, 0.2) is 0 Å². The largest absolute Gasteiger partial charge is 0.298 e. The van der Waals surface area contributed by atoms with Crippen LogP contribution in [0.15, 0.2) is 24.3 Å². The van der Waals surface area contributed by atoms with Crippen molar-refractivity contribution in [2.75, 3.05) is 12.5 Å². The predicted octanol–water partition coefficient (Wildman–Crippen LogP) is 2.11. The van der Waals surface area contributed by atoms with Gasteiger partial charge in [-0.05, 0) is 24.7 Å². The van der Waals surface area contributed by atoms with Crippen molar-refractivity contribution in [2.45, 2.75) is 13.1 Å². The molecule has 2 rings (SSSR count). The molecule has 7 heteroatoms. The third-order valence-electron chi connectivity index (χ3n) is 2.36. The first kappa shape index (κ1) is 13.2. The molecule has 0 aliphatic carbocycles. The molecule has 18 heavy (non-hydrogen) atoms. The fourth-order valence-electron chi connectivity index (χ4n) is 1.56. The summed E-state index contributed by atoms with van der Waals surface area (Å²) in [6.07, 6.45) is 0. The number of nitrogens with one attached hydrogen (secondary N) is 1. The Labute approximate surface area is 115 Å². The molecule has 0 radical (unpaired) electrons. The van der Waals surface area contributed by atoms with E-state index in [4.69, 9.17) is 17.4 Å². The number of nitrogen functional groups attached to an aromatic ring is 1. The summed E-state index contributed by atoms with van der Waals surface area (Å²) in [6, 6.07) is 7.83. The lowest BCUT2D eigenvalue weighted by molar-refractivity contribution is 0.317. The number of hydrazine groups is 1. The van der Waals surface area contributed by atoms with Crippen LogP contribution in [0.1, 0.15) is 10.6 Å². The standard InChI is InChI=1S/C11H14ClN5S/c1-17(6-8-2-4-9(12)5-3-8)7-10-15-16-11(14-13)18-10/h2-5H,6-7,13H2,1H3,(H,14,16). The van der Waals surface area contributed by atoms with E-state index in [2.05, 4.69) is 20.5 Å². The van der Waals surface area contributed by atoms with Crippen LogP contribution in [0.4, 0.5) is 5.13 Å². The van der Waals surface area contributed by atoms with Gasteiger partial charge in [-0.25, -0.2) is 5.84 Å². The average Bonchev–Trinajstić information content (AvgIpc) is 2.79. The molecule has 1 aromatic carbocycles. The number of nitrogens with two attached hydrogens (primary N) is 1. The van der Waals surface area contributed by atoms with Crippen molar-refractivity contribution in [3.8, 4) is 0 Å². The Kier molecular flexibility index (Phi) is 4.48. The van der Waals surface area contributed by atoms with Crippen molar-refractivity contribution in [3.05, 3.63) is 39.9 Å². The minimum absolute atomic E-state index is 0.630. The Balaban J connectivity index is 1.91. The first-order valence-corrected chi connectivity index (χ1v) is 6.59. The highest BCUT2D eigenvalue weighted by Gasteiger charge is 2.07. The molecular formula is C11H14ClN5S. The van der Waals surface area contributed by atoms with Gasteiger partial charge < -0.3 is 0 Å². The molecule has 0 amide bonds. The van der Waals surface area contributed by atoms with E-state index >= 15 is 0 Å². The van der Waals surface area contributed by atoms with Gasteiger partial charge in [0.05, 0.1) is 6.54 Å². The summed E-state index contributed by atoms with van der Waals surface area (Å²) in [4.78, 5) is 2.16. The van der Waals surface area contributed by atoms with Crippen LogP contribution >= 0.6 is 22.9 Å². The zero-order valence-electron chi connectivity index (χ0n) is 9.93. The summed E-state index contributed by atoms with van der Waals surface area (Å²) < 4.78 is 0. The Bertz CT molecular complexity index is 498. The van der Waals surface area contributed by atoms with Gasteiger partial charge >= 0.3 is 0 Å². The highest BCUT2D eigenvalue weighted by molar-refractivity contribution is 7.15. The van der Waals surface area contributed by atoms with Gasteiger partial charge in [0.2, 0.25) is 5.13 Å². The summed E-state index contributed by atoms with van der Waals surface area (Å²) in [6.45, 7) is 1.57. The maximum Gasteiger partial charge on any atom is 0.219 e. The van der Waals surface area contributed by atoms with Crippen molar-refractivity contribution >= 4 is 28.1 Å². The lowest BCUT2D eigenvalue weighted by Gasteiger charge is -2.14. The quantitative estimate of drug-likeness (QED) is 0.650. The highest BCUT2D eigenvalue weighted by Crippen LogP contribution is 2.16. The minimum Gasteiger partial charge on any atom is -0.298 e. The lowest BCUT2D eigenvalue weighted by Crippen LogP contribution is -2.17. The number of hydrogen-bond acceptors (Lipinski definition) is 6. The van der Waals surface area contributed by atoms with E-state index in [-0.39, 0.29) is 0 Å². The molecule has 0 unspecified atom stereocenters. The molecule has 5 nitrogen and oxygen atoms in total. The minimum atomic E-state index is 0.630. The maximum absolute atomic E-state index is 5.85. The number of benzene rings is 1. The number of hydrogen-bond donors (Lipinski definition) is 2. The van der Waals surface area contributed by atoms with Gasteiger partial charge in [0.1, 0.15) is 5.01 Å². The summed E-state index contributed by atoms with van der Waals surface area (Å²) in [5, 5.41) is 10.3. The zero-order chi connectivity index (χ0) is 13.0. The normalized spacial score (nSPS) is 10.9. The van der Waals surface area contributed by atoms with E-state index in [0.29, 0.717) is 5.13 Å². The van der Waals surface area contributed by atoms with Gasteiger partial charge in [-0.1, -0.05) is 35.1 Å². The second-order valence-corrected chi connectivity index (χ2v) is 5.44. The van der Waals surface area contributed by atoms with Gasteiger partial charge in [-0.15, -0.1) is 10.2 Å². The molecule has 0 fully saturated rings.